The van der Waals surface area contributed by atoms with Gasteiger partial charge in [0.15, 0.2) is 11.2 Å². The van der Waals surface area contributed by atoms with Crippen LogP contribution < -0.4 is 20.9 Å². The number of aryl methyl sites for hydroxylation is 2. The molecule has 160 valence electrons. The lowest BCUT2D eigenvalue weighted by Gasteiger charge is -2.29. The smallest absolute Gasteiger partial charge is 0.332 e. The Morgan fingerprint density at radius 2 is 1.87 bits per heavy atom. The van der Waals surface area contributed by atoms with Crippen molar-refractivity contribution in [2.75, 3.05) is 18.1 Å². The monoisotopic (exact) mass is 411 g/mol. The van der Waals surface area contributed by atoms with Gasteiger partial charge in [0.1, 0.15) is 5.75 Å². The molecule has 0 saturated carbocycles. The highest BCUT2D eigenvalue weighted by Gasteiger charge is 2.27. The Labute approximate surface area is 175 Å². The molecular weight excluding hydrogens is 382 g/mol. The fourth-order valence-electron chi connectivity index (χ4n) is 3.98. The summed E-state index contributed by atoms with van der Waals surface area (Å²) in [6.45, 7) is 8.67. The Kier molecular flexibility index (Phi) is 5.40. The molecular formula is C22H29N5O3. The topological polar surface area (TPSA) is 74.3 Å². The number of benzene rings is 1. The van der Waals surface area contributed by atoms with E-state index in [-0.39, 0.29) is 11.2 Å². The molecule has 0 radical (unpaired) electrons. The number of anilines is 2. The fourth-order valence-corrected chi connectivity index (χ4v) is 3.98. The molecule has 30 heavy (non-hydrogen) atoms. The molecule has 0 bridgehead atoms. The fraction of sp³-hybridized carbons (Fsp3) is 0.500. The molecule has 0 atom stereocenters. The maximum Gasteiger partial charge on any atom is 0.332 e. The summed E-state index contributed by atoms with van der Waals surface area (Å²) < 4.78 is 10.4. The van der Waals surface area contributed by atoms with Gasteiger partial charge in [-0.15, -0.1) is 0 Å². The minimum atomic E-state index is -0.309. The zero-order valence-electron chi connectivity index (χ0n) is 18.1. The maximum atomic E-state index is 13.3. The van der Waals surface area contributed by atoms with Gasteiger partial charge in [-0.25, -0.2) is 4.79 Å². The minimum absolute atomic E-state index is 0.249. The van der Waals surface area contributed by atoms with Gasteiger partial charge in [0.05, 0.1) is 6.61 Å². The van der Waals surface area contributed by atoms with Crippen LogP contribution in [0.3, 0.4) is 0 Å². The number of fused-ring (bicyclic) bond motifs is 3. The lowest BCUT2D eigenvalue weighted by Crippen LogP contribution is -2.40. The summed E-state index contributed by atoms with van der Waals surface area (Å²) in [6, 6.07) is 7.88. The second-order valence-electron chi connectivity index (χ2n) is 8.15. The van der Waals surface area contributed by atoms with Crippen LogP contribution in [-0.2, 0) is 20.1 Å². The number of ether oxygens (including phenoxy) is 1. The highest BCUT2D eigenvalue weighted by Crippen LogP contribution is 2.31. The molecule has 2 aromatic heterocycles. The molecule has 8 heteroatoms. The predicted octanol–water partition coefficient (Wildman–Crippen LogP) is 2.88. The Hall–Kier alpha value is -3.03. The van der Waals surface area contributed by atoms with Gasteiger partial charge < -0.3 is 14.2 Å². The highest BCUT2D eigenvalue weighted by atomic mass is 16.5. The third-order valence-corrected chi connectivity index (χ3v) is 5.61. The van der Waals surface area contributed by atoms with Crippen molar-refractivity contribution in [3.63, 3.8) is 0 Å². The van der Waals surface area contributed by atoms with E-state index in [9.17, 15) is 9.59 Å². The lowest BCUT2D eigenvalue weighted by atomic mass is 10.1. The van der Waals surface area contributed by atoms with E-state index < -0.39 is 0 Å². The van der Waals surface area contributed by atoms with E-state index in [2.05, 4.69) is 18.7 Å². The van der Waals surface area contributed by atoms with E-state index in [1.165, 1.54) is 9.13 Å². The molecule has 8 nitrogen and oxygen atoms in total. The van der Waals surface area contributed by atoms with Crippen LogP contribution in [0.25, 0.3) is 11.2 Å². The number of imidazole rings is 1. The van der Waals surface area contributed by atoms with Gasteiger partial charge in [-0.2, -0.15) is 4.98 Å². The molecule has 3 aromatic rings. The Balaban J connectivity index is 1.83. The van der Waals surface area contributed by atoms with Crippen molar-refractivity contribution in [3.8, 4) is 5.75 Å². The number of hydrogen-bond acceptors (Lipinski definition) is 5. The van der Waals surface area contributed by atoms with Crippen LogP contribution in [0.1, 0.15) is 33.6 Å². The summed E-state index contributed by atoms with van der Waals surface area (Å²) in [5.41, 5.74) is 1.38. The van der Waals surface area contributed by atoms with Gasteiger partial charge in [0.25, 0.3) is 5.56 Å². The standard InChI is InChI=1S/C22H29N5O3/c1-5-30-17-9-7-16(8-10-17)25-12-6-13-26-18-19(23-21(25)26)24(4)22(29)27(20(18)28)14-11-15(2)3/h7-10,15H,5-6,11-14H2,1-4H3. The van der Waals surface area contributed by atoms with Gasteiger partial charge in [-0.3, -0.25) is 13.9 Å². The van der Waals surface area contributed by atoms with Gasteiger partial charge >= 0.3 is 5.69 Å². The number of aromatic nitrogens is 4. The molecule has 0 spiro atoms. The molecule has 0 N–H and O–H groups in total. The first-order valence-electron chi connectivity index (χ1n) is 10.6. The Morgan fingerprint density at radius 3 is 2.53 bits per heavy atom. The summed E-state index contributed by atoms with van der Waals surface area (Å²) in [5.74, 6) is 1.93. The lowest BCUT2D eigenvalue weighted by molar-refractivity contribution is 0.340. The second kappa shape index (κ2) is 8.01. The van der Waals surface area contributed by atoms with Crippen molar-refractivity contribution >= 4 is 22.8 Å². The number of hydrogen-bond donors (Lipinski definition) is 0. The van der Waals surface area contributed by atoms with Crippen LogP contribution in [0.5, 0.6) is 5.75 Å². The minimum Gasteiger partial charge on any atom is -0.494 e. The summed E-state index contributed by atoms with van der Waals surface area (Å²) in [5, 5.41) is 0. The van der Waals surface area contributed by atoms with E-state index in [1.54, 1.807) is 7.05 Å². The summed E-state index contributed by atoms with van der Waals surface area (Å²) in [7, 11) is 1.69. The summed E-state index contributed by atoms with van der Waals surface area (Å²) in [6.07, 6.45) is 1.67. The van der Waals surface area contributed by atoms with Crippen LogP contribution in [-0.4, -0.2) is 31.8 Å². The molecule has 3 heterocycles. The van der Waals surface area contributed by atoms with Crippen LogP contribution in [0.4, 0.5) is 11.6 Å². The van der Waals surface area contributed by atoms with E-state index in [4.69, 9.17) is 9.72 Å². The third kappa shape index (κ3) is 3.40. The highest BCUT2D eigenvalue weighted by molar-refractivity contribution is 5.77. The molecule has 0 amide bonds. The zero-order valence-corrected chi connectivity index (χ0v) is 18.1. The van der Waals surface area contributed by atoms with Gasteiger partial charge in [0, 0.05) is 32.4 Å². The molecule has 0 unspecified atom stereocenters. The van der Waals surface area contributed by atoms with Crippen LogP contribution in [0, 0.1) is 5.92 Å². The van der Waals surface area contributed by atoms with E-state index in [1.807, 2.05) is 35.8 Å². The average Bonchev–Trinajstić information content (AvgIpc) is 3.13. The summed E-state index contributed by atoms with van der Waals surface area (Å²) >= 11 is 0. The number of rotatable bonds is 6. The van der Waals surface area contributed by atoms with Gasteiger partial charge in [-0.05, 0) is 49.9 Å². The van der Waals surface area contributed by atoms with Crippen LogP contribution in [0.2, 0.25) is 0 Å². The molecule has 0 fully saturated rings. The van der Waals surface area contributed by atoms with Crippen molar-refractivity contribution in [3.05, 3.63) is 45.1 Å². The third-order valence-electron chi connectivity index (χ3n) is 5.61. The van der Waals surface area contributed by atoms with Crippen molar-refractivity contribution < 1.29 is 4.74 Å². The van der Waals surface area contributed by atoms with Crippen molar-refractivity contribution in [2.45, 2.75) is 46.7 Å². The van der Waals surface area contributed by atoms with E-state index >= 15 is 0 Å². The first-order chi connectivity index (χ1) is 14.4. The van der Waals surface area contributed by atoms with Crippen molar-refractivity contribution in [1.82, 2.24) is 18.7 Å². The maximum absolute atomic E-state index is 13.3. The van der Waals surface area contributed by atoms with Gasteiger partial charge in [0.2, 0.25) is 5.95 Å². The quantitative estimate of drug-likeness (QED) is 0.624. The average molecular weight is 412 g/mol. The molecule has 0 aliphatic carbocycles. The second-order valence-corrected chi connectivity index (χ2v) is 8.15. The zero-order chi connectivity index (χ0) is 21.4. The first-order valence-corrected chi connectivity index (χ1v) is 10.6. The molecule has 4 rings (SSSR count). The molecule has 0 saturated heterocycles. The van der Waals surface area contributed by atoms with Gasteiger partial charge in [-0.1, -0.05) is 13.8 Å². The van der Waals surface area contributed by atoms with E-state index in [0.29, 0.717) is 42.7 Å². The van der Waals surface area contributed by atoms with Crippen molar-refractivity contribution in [1.29, 1.82) is 0 Å². The predicted molar refractivity (Wildman–Crippen MR) is 118 cm³/mol. The first kappa shape index (κ1) is 20.3. The normalized spacial score (nSPS) is 13.8. The van der Waals surface area contributed by atoms with Crippen LogP contribution in [0.15, 0.2) is 33.9 Å². The largest absolute Gasteiger partial charge is 0.494 e. The van der Waals surface area contributed by atoms with Crippen LogP contribution >= 0.6 is 0 Å². The Bertz CT molecular complexity index is 1170. The summed E-state index contributed by atoms with van der Waals surface area (Å²) in [4.78, 5) is 32.9. The molecule has 1 aliphatic heterocycles. The molecule has 1 aliphatic rings. The Morgan fingerprint density at radius 1 is 1.13 bits per heavy atom. The van der Waals surface area contributed by atoms with Crippen molar-refractivity contribution in [2.24, 2.45) is 13.0 Å². The number of nitrogens with zero attached hydrogens (tertiary/aromatic N) is 5. The molecule has 1 aromatic carbocycles. The SMILES string of the molecule is CCOc1ccc(N2CCCn3c2nc2c3c(=O)n(CCC(C)C)c(=O)n2C)cc1. The van der Waals surface area contributed by atoms with E-state index in [0.717, 1.165) is 30.8 Å².